The van der Waals surface area contributed by atoms with Gasteiger partial charge in [0.1, 0.15) is 0 Å². The van der Waals surface area contributed by atoms with Crippen molar-refractivity contribution in [3.8, 4) is 0 Å². The Hall–Kier alpha value is -4.96. The number of rotatable bonds is 6. The number of hydrogen-bond donors (Lipinski definition) is 0. The average Bonchev–Trinajstić information content (AvgIpc) is 3.17. The number of fused-ring (bicyclic) bond motifs is 4. The van der Waals surface area contributed by atoms with Crippen molar-refractivity contribution in [2.24, 2.45) is 5.41 Å². The van der Waals surface area contributed by atoms with Crippen LogP contribution in [0, 0.1) is 5.41 Å². The van der Waals surface area contributed by atoms with Gasteiger partial charge in [-0.2, -0.15) is 0 Å². The SMILES string of the molecule is CCc1cccc2c1N(c1ccccc1C(C)(C)C)c1cc(N(CC)c3ccccc3)cc3c1B2C1=CCCC(C(C)(C)C)=C1N3c1ccccc1C(C)(C)C. The molecule has 286 valence electrons. The van der Waals surface area contributed by atoms with Gasteiger partial charge in [-0.15, -0.1) is 0 Å². The first-order valence-corrected chi connectivity index (χ1v) is 21.0. The van der Waals surface area contributed by atoms with E-state index in [1.807, 2.05) is 0 Å². The van der Waals surface area contributed by atoms with Gasteiger partial charge >= 0.3 is 0 Å². The van der Waals surface area contributed by atoms with Gasteiger partial charge in [0.15, 0.2) is 0 Å². The van der Waals surface area contributed by atoms with Crippen molar-refractivity contribution in [3.63, 3.8) is 0 Å². The minimum absolute atomic E-state index is 0.0122. The second-order valence-electron chi connectivity index (χ2n) is 19.1. The molecule has 0 spiro atoms. The Labute approximate surface area is 337 Å². The lowest BCUT2D eigenvalue weighted by atomic mass is 9.31. The summed E-state index contributed by atoms with van der Waals surface area (Å²) in [5.41, 5.74) is 20.0. The van der Waals surface area contributed by atoms with Gasteiger partial charge in [0.2, 0.25) is 0 Å². The van der Waals surface area contributed by atoms with E-state index in [9.17, 15) is 0 Å². The van der Waals surface area contributed by atoms with Gasteiger partial charge < -0.3 is 14.7 Å². The molecule has 5 aromatic rings. The molecule has 5 aromatic carbocycles. The van der Waals surface area contributed by atoms with Crippen molar-refractivity contribution in [1.29, 1.82) is 0 Å². The fourth-order valence-electron chi connectivity index (χ4n) is 9.79. The normalized spacial score (nSPS) is 15.3. The molecule has 0 unspecified atom stereocenters. The lowest BCUT2D eigenvalue weighted by Gasteiger charge is -2.50. The molecule has 0 N–H and O–H groups in total. The van der Waals surface area contributed by atoms with Crippen LogP contribution in [-0.2, 0) is 17.3 Å². The number of aryl methyl sites for hydroxylation is 1. The summed E-state index contributed by atoms with van der Waals surface area (Å²) in [6, 6.07) is 41.5. The van der Waals surface area contributed by atoms with Crippen LogP contribution in [0.15, 0.2) is 132 Å². The number of allylic oxidation sites excluding steroid dienone is 3. The van der Waals surface area contributed by atoms with E-state index in [2.05, 4.69) is 206 Å². The van der Waals surface area contributed by atoms with Crippen molar-refractivity contribution in [1.82, 2.24) is 0 Å². The average molecular weight is 738 g/mol. The van der Waals surface area contributed by atoms with Crippen LogP contribution in [0.4, 0.5) is 39.8 Å². The van der Waals surface area contributed by atoms with Crippen LogP contribution >= 0.6 is 0 Å². The maximum atomic E-state index is 2.71. The summed E-state index contributed by atoms with van der Waals surface area (Å²) in [6.45, 7) is 27.0. The third-order valence-electron chi connectivity index (χ3n) is 12.3. The van der Waals surface area contributed by atoms with Gasteiger partial charge in [0, 0.05) is 52.1 Å². The number of nitrogens with zero attached hydrogens (tertiary/aromatic N) is 3. The molecule has 2 heterocycles. The predicted molar refractivity (Wildman–Crippen MR) is 244 cm³/mol. The first-order valence-electron chi connectivity index (χ1n) is 21.0. The Morgan fingerprint density at radius 1 is 0.589 bits per heavy atom. The monoisotopic (exact) mass is 737 g/mol. The highest BCUT2D eigenvalue weighted by Gasteiger charge is 2.49. The quantitative estimate of drug-likeness (QED) is 0.161. The molecular weight excluding hydrogens is 677 g/mol. The minimum atomic E-state index is -0.0636. The zero-order valence-corrected chi connectivity index (χ0v) is 35.7. The third kappa shape index (κ3) is 6.21. The second kappa shape index (κ2) is 13.9. The maximum absolute atomic E-state index is 2.71. The van der Waals surface area contributed by atoms with Crippen molar-refractivity contribution in [3.05, 3.63) is 149 Å². The van der Waals surface area contributed by atoms with Crippen LogP contribution in [0.2, 0.25) is 0 Å². The van der Waals surface area contributed by atoms with E-state index in [4.69, 9.17) is 0 Å². The topological polar surface area (TPSA) is 9.72 Å². The molecule has 4 heteroatoms. The molecule has 3 nitrogen and oxygen atoms in total. The fourth-order valence-corrected chi connectivity index (χ4v) is 9.79. The number of hydrogen-bond acceptors (Lipinski definition) is 3. The summed E-state index contributed by atoms with van der Waals surface area (Å²) in [4.78, 5) is 7.88. The number of anilines is 7. The summed E-state index contributed by atoms with van der Waals surface area (Å²) in [5.74, 6) is 0. The van der Waals surface area contributed by atoms with Crippen LogP contribution in [0.25, 0.3) is 0 Å². The first kappa shape index (κ1) is 37.9. The Balaban J connectivity index is 1.59. The van der Waals surface area contributed by atoms with Gasteiger partial charge in [-0.05, 0) is 117 Å². The molecule has 0 amide bonds. The summed E-state index contributed by atoms with van der Waals surface area (Å²) in [7, 11) is 0. The van der Waals surface area contributed by atoms with Crippen molar-refractivity contribution in [2.45, 2.75) is 106 Å². The van der Waals surface area contributed by atoms with Gasteiger partial charge in [-0.1, -0.05) is 148 Å². The molecule has 8 rings (SSSR count). The molecule has 56 heavy (non-hydrogen) atoms. The van der Waals surface area contributed by atoms with Crippen molar-refractivity contribution >= 4 is 57.5 Å². The number of para-hydroxylation sites is 4. The molecule has 3 aliphatic rings. The lowest BCUT2D eigenvalue weighted by molar-refractivity contribution is 0.474. The summed E-state index contributed by atoms with van der Waals surface area (Å²) in [6.07, 6.45) is 5.67. The molecule has 2 aliphatic heterocycles. The molecule has 1 aliphatic carbocycles. The standard InChI is InChI=1S/C52H60BN3/c1-12-35-23-21-29-41-48(35)55(43-31-19-17-26-38(43)50(3,4)5)45-33-37(54(13-2)36-24-15-14-16-25-36)34-46-47(45)53(41)42-30-22-28-40(52(9,10)11)49(42)56(46)44-32-20-18-27-39(44)51(6,7)8/h14-21,23-27,29-34H,12-13,22,28H2,1-11H3. The molecule has 0 radical (unpaired) electrons. The molecule has 0 atom stereocenters. The second-order valence-corrected chi connectivity index (χ2v) is 19.1. The summed E-state index contributed by atoms with van der Waals surface area (Å²) >= 11 is 0. The Morgan fingerprint density at radius 2 is 1.16 bits per heavy atom. The minimum Gasteiger partial charge on any atom is -0.342 e. The van der Waals surface area contributed by atoms with Gasteiger partial charge in [-0.25, -0.2) is 0 Å². The highest BCUT2D eigenvalue weighted by Crippen LogP contribution is 2.54. The highest BCUT2D eigenvalue weighted by atomic mass is 15.2. The third-order valence-corrected chi connectivity index (χ3v) is 12.3. The van der Waals surface area contributed by atoms with Crippen LogP contribution in [-0.4, -0.2) is 13.3 Å². The maximum Gasteiger partial charge on any atom is 0.251 e. The van der Waals surface area contributed by atoms with E-state index in [1.54, 1.807) is 5.57 Å². The van der Waals surface area contributed by atoms with Crippen LogP contribution in [0.3, 0.4) is 0 Å². The van der Waals surface area contributed by atoms with E-state index < -0.39 is 0 Å². The summed E-state index contributed by atoms with van der Waals surface area (Å²) < 4.78 is 0. The van der Waals surface area contributed by atoms with Gasteiger partial charge in [-0.3, -0.25) is 0 Å². The molecule has 0 bridgehead atoms. The Bertz CT molecular complexity index is 2360. The highest BCUT2D eigenvalue weighted by molar-refractivity contribution is 6.96. The molecule has 0 fully saturated rings. The molecule has 0 saturated heterocycles. The van der Waals surface area contributed by atoms with Crippen molar-refractivity contribution < 1.29 is 0 Å². The van der Waals surface area contributed by atoms with Crippen LogP contribution in [0.1, 0.15) is 106 Å². The summed E-state index contributed by atoms with van der Waals surface area (Å²) in [5, 5.41) is 0. The van der Waals surface area contributed by atoms with Crippen LogP contribution in [0.5, 0.6) is 0 Å². The van der Waals surface area contributed by atoms with Crippen LogP contribution < -0.4 is 25.6 Å². The Kier molecular flexibility index (Phi) is 9.42. The smallest absolute Gasteiger partial charge is 0.251 e. The predicted octanol–water partition coefficient (Wildman–Crippen LogP) is 13.1. The zero-order chi connectivity index (χ0) is 39.7. The van der Waals surface area contributed by atoms with Gasteiger partial charge in [0.05, 0.1) is 0 Å². The molecule has 0 saturated carbocycles. The van der Waals surface area contributed by atoms with E-state index in [0.717, 1.165) is 25.8 Å². The first-order chi connectivity index (χ1) is 26.6. The fraction of sp³-hybridized carbons (Fsp3) is 0.346. The molecule has 0 aromatic heterocycles. The van der Waals surface area contributed by atoms with Gasteiger partial charge in [0.25, 0.3) is 6.71 Å². The van der Waals surface area contributed by atoms with E-state index in [0.29, 0.717) is 0 Å². The molecular formula is C52H60BN3. The van der Waals surface area contributed by atoms with Crippen molar-refractivity contribution in [2.75, 3.05) is 21.2 Å². The zero-order valence-electron chi connectivity index (χ0n) is 35.7. The lowest BCUT2D eigenvalue weighted by Crippen LogP contribution is -2.58. The largest absolute Gasteiger partial charge is 0.342 e. The van der Waals surface area contributed by atoms with E-state index in [1.165, 1.54) is 78.6 Å². The number of benzene rings is 5. The van der Waals surface area contributed by atoms with E-state index >= 15 is 0 Å². The van der Waals surface area contributed by atoms with E-state index in [-0.39, 0.29) is 23.0 Å². The Morgan fingerprint density at radius 3 is 1.73 bits per heavy atom.